The number of hydrogen-bond acceptors (Lipinski definition) is 11. The molecule has 2 N–H and O–H groups in total. The number of aromatic hydroxyl groups is 2. The summed E-state index contributed by atoms with van der Waals surface area (Å²) in [5.41, 5.74) is 0.656. The fraction of sp³-hybridized carbons (Fsp3) is 0. The number of aromatic carboxylic acids is 2. The Morgan fingerprint density at radius 2 is 0.974 bits per heavy atom. The summed E-state index contributed by atoms with van der Waals surface area (Å²) in [5.74, 6) is -3.91. The van der Waals surface area contributed by atoms with Crippen LogP contribution in [0.25, 0.3) is 0 Å². The van der Waals surface area contributed by atoms with Crippen LogP contribution in [0, 0.1) is 0 Å². The van der Waals surface area contributed by atoms with Crippen molar-refractivity contribution in [1.82, 2.24) is 0 Å². The van der Waals surface area contributed by atoms with Crippen LogP contribution in [0.15, 0.2) is 115 Å². The van der Waals surface area contributed by atoms with Gasteiger partial charge in [-0.05, 0) is 60.7 Å². The summed E-state index contributed by atoms with van der Waals surface area (Å²) in [5, 5.41) is 58.2. The molecule has 0 heterocycles. The Bertz CT molecular complexity index is 1450. The number of hydrogen-bond donors (Lipinski definition) is 2. The number of azo groups is 2. The van der Waals surface area contributed by atoms with Crippen LogP contribution in [0.4, 0.5) is 22.7 Å². The van der Waals surface area contributed by atoms with E-state index in [1.54, 1.807) is 24.3 Å². The molecule has 0 unspecified atom stereocenters. The third kappa shape index (κ3) is 8.48. The largest absolute Gasteiger partial charge is 1.00 e. The summed E-state index contributed by atoms with van der Waals surface area (Å²) in [7, 11) is 0. The molecule has 0 atom stereocenters. The first-order valence-corrected chi connectivity index (χ1v) is 11.4. The Labute approximate surface area is 271 Å². The van der Waals surface area contributed by atoms with Crippen molar-refractivity contribution in [3.8, 4) is 11.5 Å². The normalized spacial score (nSPS) is 10.7. The molecule has 4 aromatic rings. The van der Waals surface area contributed by atoms with E-state index in [4.69, 9.17) is 0 Å². The van der Waals surface area contributed by atoms with E-state index in [1.165, 1.54) is 36.0 Å². The Hall–Kier alpha value is -3.03. The van der Waals surface area contributed by atoms with Gasteiger partial charge in [-0.3, -0.25) is 0 Å². The topological polar surface area (TPSA) is 170 Å². The number of rotatable bonds is 8. The smallest absolute Gasteiger partial charge is 0.545 e. The summed E-state index contributed by atoms with van der Waals surface area (Å²) < 4.78 is 0. The molecule has 0 fully saturated rings. The Morgan fingerprint density at radius 3 is 1.36 bits per heavy atom. The van der Waals surface area contributed by atoms with Crippen molar-refractivity contribution in [2.45, 2.75) is 9.79 Å². The first-order valence-electron chi connectivity index (χ1n) is 10.6. The molecular formula is C26H16N4Na2O6S. The van der Waals surface area contributed by atoms with Crippen LogP contribution in [-0.2, 0) is 0 Å². The SMILES string of the molecule is O=C([O-])c1cc(N=Nc2ccccc2Sc2ccccc2N=Nc2ccc(O)c(C(=O)[O-])c2)ccc1O.[Na+].[Na+]. The number of carbonyl (C=O) groups excluding carboxylic acids is 2. The predicted octanol–water partition coefficient (Wildman–Crippen LogP) is -1.19. The van der Waals surface area contributed by atoms with Gasteiger partial charge in [-0.15, -0.1) is 10.2 Å². The fourth-order valence-electron chi connectivity index (χ4n) is 3.09. The minimum Gasteiger partial charge on any atom is -0.545 e. The van der Waals surface area contributed by atoms with Gasteiger partial charge >= 0.3 is 59.1 Å². The number of phenols is 2. The van der Waals surface area contributed by atoms with Crippen molar-refractivity contribution in [2.24, 2.45) is 20.5 Å². The zero-order valence-electron chi connectivity index (χ0n) is 20.8. The van der Waals surface area contributed by atoms with Crippen molar-refractivity contribution in [3.63, 3.8) is 0 Å². The quantitative estimate of drug-likeness (QED) is 0.202. The molecular weight excluding hydrogens is 542 g/mol. The summed E-state index contributed by atoms with van der Waals surface area (Å²) in [4.78, 5) is 23.7. The van der Waals surface area contributed by atoms with Crippen molar-refractivity contribution in [1.29, 1.82) is 0 Å². The molecule has 0 bridgehead atoms. The third-order valence-corrected chi connectivity index (χ3v) is 6.03. The van der Waals surface area contributed by atoms with E-state index in [0.29, 0.717) is 11.4 Å². The van der Waals surface area contributed by atoms with Crippen molar-refractivity contribution < 1.29 is 89.1 Å². The van der Waals surface area contributed by atoms with Crippen LogP contribution >= 0.6 is 11.8 Å². The number of carboxylic acids is 2. The number of carbonyl (C=O) groups is 2. The molecule has 0 saturated heterocycles. The maximum Gasteiger partial charge on any atom is 1.00 e. The molecule has 0 spiro atoms. The molecule has 4 rings (SSSR count). The van der Waals surface area contributed by atoms with E-state index < -0.39 is 34.6 Å². The molecule has 4 aromatic carbocycles. The average Bonchev–Trinajstić information content (AvgIpc) is 2.89. The Morgan fingerprint density at radius 1 is 0.590 bits per heavy atom. The molecule has 0 aromatic heterocycles. The van der Waals surface area contributed by atoms with Gasteiger partial charge < -0.3 is 30.0 Å². The van der Waals surface area contributed by atoms with E-state index in [-0.39, 0.29) is 70.5 Å². The van der Waals surface area contributed by atoms with Gasteiger partial charge in [-0.25, -0.2) is 0 Å². The van der Waals surface area contributed by atoms with Crippen molar-refractivity contribution in [2.75, 3.05) is 0 Å². The van der Waals surface area contributed by atoms with Gasteiger partial charge in [0, 0.05) is 20.9 Å². The van der Waals surface area contributed by atoms with E-state index in [2.05, 4.69) is 20.5 Å². The Balaban J connectivity index is 0.00000267. The molecule has 39 heavy (non-hydrogen) atoms. The second-order valence-corrected chi connectivity index (χ2v) is 8.50. The molecule has 0 aliphatic rings. The van der Waals surface area contributed by atoms with Gasteiger partial charge in [-0.1, -0.05) is 36.0 Å². The summed E-state index contributed by atoms with van der Waals surface area (Å²) >= 11 is 1.34. The number of nitrogens with zero attached hydrogens (tertiary/aromatic N) is 4. The maximum absolute atomic E-state index is 11.1. The molecule has 13 heteroatoms. The first-order chi connectivity index (χ1) is 17.8. The van der Waals surface area contributed by atoms with Crippen LogP contribution in [0.2, 0.25) is 0 Å². The molecule has 0 aliphatic carbocycles. The second-order valence-electron chi connectivity index (χ2n) is 7.42. The van der Waals surface area contributed by atoms with Crippen LogP contribution in [-0.4, -0.2) is 22.2 Å². The molecule has 0 saturated carbocycles. The molecule has 184 valence electrons. The Kier molecular flexibility index (Phi) is 12.3. The van der Waals surface area contributed by atoms with Crippen LogP contribution in [0.5, 0.6) is 11.5 Å². The van der Waals surface area contributed by atoms with E-state index in [9.17, 15) is 30.0 Å². The van der Waals surface area contributed by atoms with E-state index >= 15 is 0 Å². The number of carboxylic acid groups (broad SMARTS) is 2. The zero-order chi connectivity index (χ0) is 26.4. The van der Waals surface area contributed by atoms with Crippen molar-refractivity contribution >= 4 is 46.5 Å². The molecule has 10 nitrogen and oxygen atoms in total. The standard InChI is InChI=1S/C26H18N4O6S.2Na/c31-21-11-9-15(13-17(21)25(33)34)27-29-19-5-1-3-7-23(19)37-24-8-4-2-6-20(24)30-28-16-10-12-22(32)18(14-16)26(35)36;;/h1-14,31-32H,(H,33,34)(H,35,36);;/q;2*+1/p-2. The van der Waals surface area contributed by atoms with Gasteiger partial charge in [0.25, 0.3) is 0 Å². The minimum atomic E-state index is -1.53. The van der Waals surface area contributed by atoms with Gasteiger partial charge in [-0.2, -0.15) is 10.2 Å². The molecule has 0 aliphatic heterocycles. The minimum absolute atomic E-state index is 0. The van der Waals surface area contributed by atoms with Crippen LogP contribution in [0.1, 0.15) is 20.7 Å². The fourth-order valence-corrected chi connectivity index (χ4v) is 4.05. The summed E-state index contributed by atoms with van der Waals surface area (Å²) in [6.07, 6.45) is 0. The maximum atomic E-state index is 11.1. The second kappa shape index (κ2) is 14.9. The van der Waals surface area contributed by atoms with Crippen LogP contribution < -0.4 is 69.3 Å². The van der Waals surface area contributed by atoms with E-state index in [1.807, 2.05) is 24.3 Å². The van der Waals surface area contributed by atoms with Crippen molar-refractivity contribution in [3.05, 3.63) is 96.1 Å². The van der Waals surface area contributed by atoms with Gasteiger partial charge in [0.05, 0.1) is 34.7 Å². The van der Waals surface area contributed by atoms with Gasteiger partial charge in [0.1, 0.15) is 11.5 Å². The number of benzene rings is 4. The first kappa shape index (κ1) is 32.2. The summed E-state index contributed by atoms with van der Waals surface area (Å²) in [6.45, 7) is 0. The molecule has 0 radical (unpaired) electrons. The van der Waals surface area contributed by atoms with E-state index in [0.717, 1.165) is 21.9 Å². The zero-order valence-corrected chi connectivity index (χ0v) is 25.6. The predicted molar refractivity (Wildman–Crippen MR) is 130 cm³/mol. The van der Waals surface area contributed by atoms with Crippen LogP contribution in [0.3, 0.4) is 0 Å². The van der Waals surface area contributed by atoms with Gasteiger partial charge in [0.15, 0.2) is 0 Å². The molecule has 0 amide bonds. The third-order valence-electron chi connectivity index (χ3n) is 4.90. The monoisotopic (exact) mass is 558 g/mol. The summed E-state index contributed by atoms with van der Waals surface area (Å²) in [6, 6.07) is 21.8. The average molecular weight is 558 g/mol. The van der Waals surface area contributed by atoms with Gasteiger partial charge in [0.2, 0.25) is 0 Å².